The lowest BCUT2D eigenvalue weighted by Gasteiger charge is -2.10. The van der Waals surface area contributed by atoms with Gasteiger partial charge in [0.1, 0.15) is 0 Å². The lowest BCUT2D eigenvalue weighted by Crippen LogP contribution is -2.33. The van der Waals surface area contributed by atoms with Gasteiger partial charge in [-0.2, -0.15) is 0 Å². The van der Waals surface area contributed by atoms with Gasteiger partial charge in [0, 0.05) is 12.2 Å². The van der Waals surface area contributed by atoms with Gasteiger partial charge in [0.15, 0.2) is 0 Å². The van der Waals surface area contributed by atoms with Gasteiger partial charge >= 0.3 is 0 Å². The number of carbonyl (C=O) groups is 1. The van der Waals surface area contributed by atoms with Gasteiger partial charge in [0.05, 0.1) is 11.3 Å². The Kier molecular flexibility index (Phi) is 4.69. The molecule has 1 rings (SSSR count). The molecule has 0 saturated heterocycles. The second-order valence-corrected chi connectivity index (χ2v) is 5.86. The molecule has 0 aliphatic rings. The van der Waals surface area contributed by atoms with E-state index in [-0.39, 0.29) is 18.2 Å². The lowest BCUT2D eigenvalue weighted by molar-refractivity contribution is 0.0956. The first-order chi connectivity index (χ1) is 8.37. The highest BCUT2D eigenvalue weighted by Gasteiger charge is 2.13. The number of sulfonamides is 1. The van der Waals surface area contributed by atoms with Crippen molar-refractivity contribution in [3.8, 4) is 0 Å². The van der Waals surface area contributed by atoms with E-state index >= 15 is 0 Å². The molecule has 4 N–H and O–H groups in total. The fraction of sp³-hybridized carbons (Fsp3) is 0.364. The summed E-state index contributed by atoms with van der Waals surface area (Å²) in [5.74, 6) is -0.530. The predicted octanol–water partition coefficient (Wildman–Crippen LogP) is -0.144. The molecule has 0 atom stereocenters. The van der Waals surface area contributed by atoms with E-state index in [2.05, 4.69) is 10.0 Å². The van der Waals surface area contributed by atoms with Crippen LogP contribution in [-0.2, 0) is 10.0 Å². The van der Waals surface area contributed by atoms with Crippen LogP contribution in [0.2, 0.25) is 0 Å². The van der Waals surface area contributed by atoms with Crippen molar-refractivity contribution in [2.75, 3.05) is 25.1 Å². The summed E-state index contributed by atoms with van der Waals surface area (Å²) in [4.78, 5) is 11.9. The Labute approximate surface area is 107 Å². The molecule has 100 valence electrons. The zero-order chi connectivity index (χ0) is 13.8. The molecule has 0 heterocycles. The number of anilines is 1. The third kappa shape index (κ3) is 3.71. The molecule has 0 spiro atoms. The van der Waals surface area contributed by atoms with E-state index in [1.807, 2.05) is 0 Å². The first-order valence-electron chi connectivity index (χ1n) is 5.42. The van der Waals surface area contributed by atoms with E-state index in [4.69, 9.17) is 5.73 Å². The van der Waals surface area contributed by atoms with Crippen LogP contribution in [-0.4, -0.2) is 33.7 Å². The van der Waals surface area contributed by atoms with Crippen LogP contribution in [0, 0.1) is 6.92 Å². The highest BCUT2D eigenvalue weighted by molar-refractivity contribution is 7.89. The molecule has 0 aliphatic heterocycles. The number of amides is 1. The molecule has 0 unspecified atom stereocenters. The monoisotopic (exact) mass is 271 g/mol. The highest BCUT2D eigenvalue weighted by Crippen LogP contribution is 2.15. The number of hydrogen-bond acceptors (Lipinski definition) is 4. The second kappa shape index (κ2) is 5.83. The molecule has 0 fully saturated rings. The average molecular weight is 271 g/mol. The fourth-order valence-electron chi connectivity index (χ4n) is 1.49. The Morgan fingerprint density at radius 3 is 2.61 bits per heavy atom. The van der Waals surface area contributed by atoms with E-state index in [1.165, 1.54) is 7.05 Å². The smallest absolute Gasteiger partial charge is 0.253 e. The molecule has 18 heavy (non-hydrogen) atoms. The molecule has 0 bridgehead atoms. The van der Waals surface area contributed by atoms with Gasteiger partial charge in [0.25, 0.3) is 5.91 Å². The van der Waals surface area contributed by atoms with Crippen molar-refractivity contribution >= 4 is 21.6 Å². The summed E-state index contributed by atoms with van der Waals surface area (Å²) in [6.45, 7) is 1.81. The minimum atomic E-state index is -3.31. The van der Waals surface area contributed by atoms with Crippen LogP contribution >= 0.6 is 0 Å². The first kappa shape index (κ1) is 14.5. The van der Waals surface area contributed by atoms with Gasteiger partial charge in [-0.15, -0.1) is 0 Å². The van der Waals surface area contributed by atoms with Crippen LogP contribution in [0.4, 0.5) is 5.69 Å². The largest absolute Gasteiger partial charge is 0.398 e. The molecule has 0 aromatic heterocycles. The van der Waals surface area contributed by atoms with Gasteiger partial charge in [-0.3, -0.25) is 4.79 Å². The summed E-state index contributed by atoms with van der Waals surface area (Å²) in [6.07, 6.45) is 0. The first-order valence-corrected chi connectivity index (χ1v) is 7.07. The van der Waals surface area contributed by atoms with E-state index in [0.29, 0.717) is 11.3 Å². The maximum Gasteiger partial charge on any atom is 0.253 e. The Morgan fingerprint density at radius 2 is 2.06 bits per heavy atom. The number of aryl methyl sites for hydroxylation is 1. The molecule has 1 amide bonds. The van der Waals surface area contributed by atoms with Crippen LogP contribution in [0.15, 0.2) is 18.2 Å². The van der Waals surface area contributed by atoms with Crippen molar-refractivity contribution in [2.24, 2.45) is 0 Å². The molecular weight excluding hydrogens is 254 g/mol. The quantitative estimate of drug-likeness (QED) is 0.648. The number of nitrogen functional groups attached to an aromatic ring is 1. The van der Waals surface area contributed by atoms with Crippen molar-refractivity contribution in [2.45, 2.75) is 6.92 Å². The Balaban J connectivity index is 2.67. The molecule has 0 saturated carbocycles. The molecular formula is C11H17N3O3S. The van der Waals surface area contributed by atoms with Crippen molar-refractivity contribution < 1.29 is 13.2 Å². The van der Waals surface area contributed by atoms with E-state index in [9.17, 15) is 13.2 Å². The number of carbonyl (C=O) groups excluding carboxylic acids is 1. The summed E-state index contributed by atoms with van der Waals surface area (Å²) >= 11 is 0. The summed E-state index contributed by atoms with van der Waals surface area (Å²) in [5, 5.41) is 2.53. The topological polar surface area (TPSA) is 101 Å². The Bertz CT molecular complexity index is 520. The van der Waals surface area contributed by atoms with Crippen LogP contribution in [0.5, 0.6) is 0 Å². The normalized spacial score (nSPS) is 11.2. The minimum Gasteiger partial charge on any atom is -0.398 e. The molecule has 0 aliphatic carbocycles. The third-order valence-electron chi connectivity index (χ3n) is 2.50. The Morgan fingerprint density at radius 1 is 1.39 bits per heavy atom. The van der Waals surface area contributed by atoms with E-state index < -0.39 is 10.0 Å². The van der Waals surface area contributed by atoms with Gasteiger partial charge in [-0.25, -0.2) is 13.1 Å². The zero-order valence-corrected chi connectivity index (χ0v) is 11.2. The average Bonchev–Trinajstić information content (AvgIpc) is 2.28. The van der Waals surface area contributed by atoms with Crippen LogP contribution in [0.3, 0.4) is 0 Å². The van der Waals surface area contributed by atoms with Crippen molar-refractivity contribution in [3.05, 3.63) is 29.3 Å². The van der Waals surface area contributed by atoms with Crippen molar-refractivity contribution in [1.82, 2.24) is 10.0 Å². The van der Waals surface area contributed by atoms with Crippen LogP contribution in [0.1, 0.15) is 15.9 Å². The summed E-state index contributed by atoms with van der Waals surface area (Å²) in [6, 6.07) is 5.16. The molecule has 1 aromatic carbocycles. The third-order valence-corrected chi connectivity index (χ3v) is 3.86. The maximum absolute atomic E-state index is 11.9. The number of nitrogens with two attached hydrogens (primary N) is 1. The number of rotatable bonds is 5. The van der Waals surface area contributed by atoms with Gasteiger partial charge in [-0.05, 0) is 25.6 Å². The van der Waals surface area contributed by atoms with Crippen molar-refractivity contribution in [3.63, 3.8) is 0 Å². The van der Waals surface area contributed by atoms with Crippen molar-refractivity contribution in [1.29, 1.82) is 0 Å². The highest BCUT2D eigenvalue weighted by atomic mass is 32.2. The molecule has 7 heteroatoms. The summed E-state index contributed by atoms with van der Waals surface area (Å²) in [5.41, 5.74) is 7.24. The van der Waals surface area contributed by atoms with Crippen LogP contribution in [0.25, 0.3) is 0 Å². The summed E-state index contributed by atoms with van der Waals surface area (Å²) < 4.78 is 24.5. The van der Waals surface area contributed by atoms with Gasteiger partial charge < -0.3 is 11.1 Å². The lowest BCUT2D eigenvalue weighted by atomic mass is 10.1. The Hall–Kier alpha value is -1.60. The standard InChI is InChI=1S/C11H17N3O3S/c1-8-4-3-5-9(12)10(8)11(15)14-6-7-18(16,17)13-2/h3-5,13H,6-7,12H2,1-2H3,(H,14,15). The second-order valence-electron chi connectivity index (χ2n) is 3.82. The summed E-state index contributed by atoms with van der Waals surface area (Å²) in [7, 11) is -1.98. The maximum atomic E-state index is 11.9. The number of nitrogens with one attached hydrogen (secondary N) is 2. The van der Waals surface area contributed by atoms with Gasteiger partial charge in [0.2, 0.25) is 10.0 Å². The van der Waals surface area contributed by atoms with Crippen LogP contribution < -0.4 is 15.8 Å². The number of hydrogen-bond donors (Lipinski definition) is 3. The predicted molar refractivity (Wildman–Crippen MR) is 70.8 cm³/mol. The number of benzene rings is 1. The molecule has 1 aromatic rings. The molecule has 6 nitrogen and oxygen atoms in total. The zero-order valence-electron chi connectivity index (χ0n) is 10.4. The van der Waals surface area contributed by atoms with E-state index in [0.717, 1.165) is 5.56 Å². The fourth-order valence-corrected chi connectivity index (χ4v) is 2.06. The van der Waals surface area contributed by atoms with E-state index in [1.54, 1.807) is 25.1 Å². The minimum absolute atomic E-state index is 0.0375. The van der Waals surface area contributed by atoms with Gasteiger partial charge in [-0.1, -0.05) is 12.1 Å². The molecule has 0 radical (unpaired) electrons. The SMILES string of the molecule is CNS(=O)(=O)CCNC(=O)c1c(C)cccc1N.